The average Bonchev–Trinajstić information content (AvgIpc) is 0.753. The van der Waals surface area contributed by atoms with E-state index in [2.05, 4.69) is 50.4 Å². The third-order valence-corrected chi connectivity index (χ3v) is 29.1. The summed E-state index contributed by atoms with van der Waals surface area (Å²) in [5, 5.41) is 51.9. The molecule has 4 N–H and O–H groups in total. The van der Waals surface area contributed by atoms with Crippen LogP contribution in [0, 0.1) is 46.8 Å². The van der Waals surface area contributed by atoms with Crippen LogP contribution in [0.4, 0.5) is 0 Å². The first kappa shape index (κ1) is 82.9. The van der Waals surface area contributed by atoms with Crippen molar-refractivity contribution in [3.63, 3.8) is 0 Å². The van der Waals surface area contributed by atoms with E-state index in [4.69, 9.17) is 19.6 Å². The molecule has 29 nitrogen and oxygen atoms in total. The number of nitrogens with one attached hydrogen (secondary N) is 1. The van der Waals surface area contributed by atoms with Gasteiger partial charge in [0.15, 0.2) is 30.3 Å². The normalized spacial score (nSPS) is 30.7. The van der Waals surface area contributed by atoms with Crippen LogP contribution in [0.1, 0.15) is 247 Å². The number of aliphatic carboxylic acids is 3. The number of nitriles is 1. The molecule has 6 saturated heterocycles. The highest BCUT2D eigenvalue weighted by Crippen LogP contribution is 2.52. The third kappa shape index (κ3) is 17.9. The number of likely N-dealkylation sites (N-methyl/N-ethyl adjacent to an activating group) is 2. The molecule has 29 heteroatoms. The quantitative estimate of drug-likeness (QED) is 0.0407. The van der Waals surface area contributed by atoms with Gasteiger partial charge in [0.25, 0.3) is 28.5 Å². The lowest BCUT2D eigenvalue weighted by Crippen LogP contribution is -2.58. The van der Waals surface area contributed by atoms with Crippen LogP contribution in [-0.4, -0.2) is 206 Å². The minimum Gasteiger partial charge on any atom is -0.479 e. The molecule has 6 aliphatic heterocycles. The first-order chi connectivity index (χ1) is 57.7. The number of aromatic nitrogens is 6. The lowest BCUT2D eigenvalue weighted by atomic mass is 9.68. The number of para-hydroxylation sites is 6. The minimum atomic E-state index is -1.43. The number of carbonyl (C=O) groups is 5. The maximum absolute atomic E-state index is 14.1. The highest BCUT2D eigenvalue weighted by molar-refractivity contribution is 6.42. The van der Waals surface area contributed by atoms with Gasteiger partial charge >= 0.3 is 17.9 Å². The number of hydrogen-bond acceptors (Lipinski definition) is 21. The molecule has 6 aromatic rings. The first-order valence-corrected chi connectivity index (χ1v) is 44.2. The predicted octanol–water partition coefficient (Wildman–Crippen LogP) is 11.5. The fourth-order valence-electron chi connectivity index (χ4n) is 24.6. The van der Waals surface area contributed by atoms with Crippen LogP contribution in [0.25, 0.3) is 33.1 Å². The summed E-state index contributed by atoms with van der Waals surface area (Å²) < 4.78 is 5.38. The van der Waals surface area contributed by atoms with Crippen LogP contribution in [0.5, 0.6) is 0 Å². The zero-order valence-corrected chi connectivity index (χ0v) is 68.9. The van der Waals surface area contributed by atoms with Crippen LogP contribution in [0.3, 0.4) is 0 Å². The van der Waals surface area contributed by atoms with Gasteiger partial charge < -0.3 is 53.8 Å². The van der Waals surface area contributed by atoms with Gasteiger partial charge in [-0.25, -0.2) is 29.3 Å². The smallest absolute Gasteiger partial charge is 0.360 e. The summed E-state index contributed by atoms with van der Waals surface area (Å²) in [5.41, 5.74) is 0.405. The molecule has 18 rings (SSSR count). The molecule has 3 aromatic carbocycles. The monoisotopic (exact) mass is 1630 g/mol. The second-order valence-electron chi connectivity index (χ2n) is 36.6. The summed E-state index contributed by atoms with van der Waals surface area (Å²) in [5.74, 6) is 0.317. The lowest BCUT2D eigenvalue weighted by Gasteiger charge is -2.55. The van der Waals surface area contributed by atoms with Crippen LogP contribution in [-0.2, 0) is 38.5 Å². The van der Waals surface area contributed by atoms with E-state index in [0.717, 1.165) is 118 Å². The Kier molecular flexibility index (Phi) is 25.5. The molecule has 12 atom stereocenters. The van der Waals surface area contributed by atoms with Crippen molar-refractivity contribution in [2.75, 3.05) is 41.0 Å². The Morgan fingerprint density at radius 2 is 0.714 bits per heavy atom. The molecule has 0 spiro atoms. The Bertz CT molecular complexity index is 5030. The SMILES string of the molecule is CN(C)C(=O)CO/N=C(\C(=O)O)c1nc2ccccc2n(C2CC3CCCC(C2)N3C2CC3CCCC(C3)C2)c1=O.CNC(=O)CO/N=C(\C(=O)O)c1nc2ccccc2n(C2CC3CCCC(C2)N3C2CC3CCCC(C3)C2)c1=O.N#C/C(=N\OCC(=O)O)c1nc2ccccc2n(C2CC3CCCC(C2)N3C2CC3CCCC(C3)C2)c1=O. The van der Waals surface area contributed by atoms with Gasteiger partial charge in [0.2, 0.25) is 23.7 Å². The largest absolute Gasteiger partial charge is 0.479 e. The van der Waals surface area contributed by atoms with Crippen molar-refractivity contribution >= 4 is 80.0 Å². The number of oxime groups is 3. The van der Waals surface area contributed by atoms with Crippen molar-refractivity contribution in [3.8, 4) is 6.07 Å². The molecule has 12 aliphatic rings. The van der Waals surface area contributed by atoms with Crippen LogP contribution < -0.4 is 22.0 Å². The van der Waals surface area contributed by atoms with E-state index in [1.165, 1.54) is 147 Å². The third-order valence-electron chi connectivity index (χ3n) is 29.1. The molecule has 12 unspecified atom stereocenters. The Labute approximate surface area is 692 Å². The number of carboxylic acids is 3. The number of amides is 2. The number of fused-ring (bicyclic) bond motifs is 15. The zero-order chi connectivity index (χ0) is 82.7. The summed E-state index contributed by atoms with van der Waals surface area (Å²) in [7, 11) is 4.58. The lowest BCUT2D eigenvalue weighted by molar-refractivity contribution is -0.142. The Hall–Kier alpha value is -9.79. The van der Waals surface area contributed by atoms with Gasteiger partial charge in [0, 0.05) is 93.6 Å². The maximum atomic E-state index is 14.1. The molecule has 119 heavy (non-hydrogen) atoms. The van der Waals surface area contributed by atoms with Crippen LogP contribution in [0.2, 0.25) is 0 Å². The summed E-state index contributed by atoms with van der Waals surface area (Å²) >= 11 is 0. The van der Waals surface area contributed by atoms with E-state index in [1.54, 1.807) is 35.4 Å². The van der Waals surface area contributed by atoms with Gasteiger partial charge in [0.05, 0.1) is 33.1 Å². The van der Waals surface area contributed by atoms with Crippen molar-refractivity contribution in [2.24, 2.45) is 51.0 Å². The Morgan fingerprint density at radius 3 is 1.03 bits per heavy atom. The number of benzene rings is 3. The highest BCUT2D eigenvalue weighted by atomic mass is 16.6. The average molecular weight is 1630 g/mol. The van der Waals surface area contributed by atoms with Crippen molar-refractivity contribution in [1.82, 2.24) is 53.6 Å². The molecular weight excluding hydrogens is 1520 g/mol. The van der Waals surface area contributed by atoms with Gasteiger partial charge in [-0.15, -0.1) is 0 Å². The standard InChI is InChI=1S/C31H41N5O5.C30H39N5O5.C29H35N5O4/c1-34(2)27(37)18-41-33-29(31(39)40)28-30(38)36(26-12-4-3-11-25(26)32-28)24-16-21-9-6-10-22(17-24)35(21)23-14-19-7-5-8-20(13-19)15-23;1-31-26(36)17-40-33-28(30(38)39)27-29(37)35(25-11-3-2-10-24(25)32-27)23-15-20-8-5-9-21(16-23)34(20)22-13-18-6-4-7-19(12-18)14-22;30-16-25(32-38-17-27(35)36)28-29(37)34(26-10-2-1-9-24(26)31-28)23-14-20-7-4-8-21(15-23)33(20)22-12-18-5-3-6-19(11-18)13-22/h3-4,11-12,19-24H,5-10,13-18H2,1-2H3,(H,39,40);2-3,10-11,18-23H,4-9,12-17H2,1H3,(H,31,36)(H,38,39);1-2,9-10,18-23H,3-8,11-15,17H2,(H,35,36)/b33-29-;33-28-;32-25+. The second kappa shape index (κ2) is 36.7. The molecule has 12 bridgehead atoms. The van der Waals surface area contributed by atoms with Gasteiger partial charge in [-0.1, -0.05) is 129 Å². The van der Waals surface area contributed by atoms with E-state index in [9.17, 15) is 53.8 Å². The number of piperidine rings is 6. The van der Waals surface area contributed by atoms with E-state index >= 15 is 0 Å². The Morgan fingerprint density at radius 1 is 0.412 bits per heavy atom. The summed E-state index contributed by atoms with van der Waals surface area (Å²) in [6, 6.07) is 28.6. The van der Waals surface area contributed by atoms with E-state index in [-0.39, 0.29) is 52.4 Å². The molecule has 2 amide bonds. The first-order valence-electron chi connectivity index (χ1n) is 44.2. The number of carboxylic acid groups (broad SMARTS) is 3. The van der Waals surface area contributed by atoms with Gasteiger partial charge in [-0.2, -0.15) is 5.26 Å². The fraction of sp³-hybridized carbons (Fsp3) is 0.633. The van der Waals surface area contributed by atoms with Crippen molar-refractivity contribution in [1.29, 1.82) is 5.26 Å². The number of hydrogen-bond donors (Lipinski definition) is 4. The highest BCUT2D eigenvalue weighted by Gasteiger charge is 2.50. The summed E-state index contributed by atoms with van der Waals surface area (Å²) in [6.07, 6.45) is 40.4. The van der Waals surface area contributed by atoms with E-state index < -0.39 is 66.2 Å². The molecule has 6 saturated carbocycles. The molecule has 3 aromatic heterocycles. The molecule has 634 valence electrons. The summed E-state index contributed by atoms with van der Waals surface area (Å²) in [4.78, 5) is 139. The Balaban J connectivity index is 0.000000133. The minimum absolute atomic E-state index is 0.00340. The van der Waals surface area contributed by atoms with Gasteiger partial charge in [-0.05, 0) is 207 Å². The molecule has 0 radical (unpaired) electrons. The van der Waals surface area contributed by atoms with Crippen molar-refractivity contribution in [2.45, 2.75) is 284 Å². The molecule has 6 aliphatic carbocycles. The fourth-order valence-corrected chi connectivity index (χ4v) is 24.6. The van der Waals surface area contributed by atoms with E-state index in [1.807, 2.05) is 71.3 Å². The second-order valence-corrected chi connectivity index (χ2v) is 36.6. The predicted molar refractivity (Wildman–Crippen MR) is 447 cm³/mol. The molecule has 12 fully saturated rings. The molecule has 9 heterocycles. The maximum Gasteiger partial charge on any atom is 0.360 e. The van der Waals surface area contributed by atoms with Crippen molar-refractivity contribution in [3.05, 3.63) is 121 Å². The zero-order valence-electron chi connectivity index (χ0n) is 68.9. The van der Waals surface area contributed by atoms with Crippen LogP contribution >= 0.6 is 0 Å². The van der Waals surface area contributed by atoms with E-state index in [0.29, 0.717) is 82.0 Å². The van der Waals surface area contributed by atoms with Gasteiger partial charge in [0.1, 0.15) is 6.07 Å². The number of carbonyl (C=O) groups excluding carboxylic acids is 2. The number of rotatable bonds is 20. The summed E-state index contributed by atoms with van der Waals surface area (Å²) in [6.45, 7) is -1.59. The number of nitrogens with zero attached hydrogens (tertiary/aromatic N) is 14. The van der Waals surface area contributed by atoms with Gasteiger partial charge in [-0.3, -0.25) is 38.7 Å². The van der Waals surface area contributed by atoms with Crippen molar-refractivity contribution < 1.29 is 53.8 Å². The topological polar surface area (TPSA) is 364 Å². The molecular formula is C90H115N15O14. The van der Waals surface area contributed by atoms with Crippen LogP contribution in [0.15, 0.2) is 103 Å².